The van der Waals surface area contributed by atoms with Crippen LogP contribution in [0.3, 0.4) is 0 Å². The van der Waals surface area contributed by atoms with Crippen LogP contribution in [0.15, 0.2) is 29.1 Å². The minimum absolute atomic E-state index is 0.00354. The summed E-state index contributed by atoms with van der Waals surface area (Å²) in [4.78, 5) is 14.0. The number of methoxy groups -OCH3 is 1. The van der Waals surface area contributed by atoms with E-state index in [1.54, 1.807) is 19.2 Å². The summed E-state index contributed by atoms with van der Waals surface area (Å²) in [6.07, 6.45) is 1.24. The summed E-state index contributed by atoms with van der Waals surface area (Å²) in [7, 11) is 1.68. The summed E-state index contributed by atoms with van der Waals surface area (Å²) in [6, 6.07) is 6.16. The highest BCUT2D eigenvalue weighted by atomic mass is 16.5. The monoisotopic (exact) mass is 306 g/mol. The molecule has 0 saturated carbocycles. The van der Waals surface area contributed by atoms with E-state index in [9.17, 15) is 15.0 Å². The molecule has 0 aliphatic rings. The normalized spacial score (nSPS) is 12.6. The fourth-order valence-electron chi connectivity index (χ4n) is 2.39. The number of benzene rings is 1. The van der Waals surface area contributed by atoms with Crippen molar-refractivity contribution in [3.8, 4) is 5.75 Å². The van der Waals surface area contributed by atoms with Gasteiger partial charge in [0.15, 0.2) is 0 Å². The van der Waals surface area contributed by atoms with Gasteiger partial charge in [0.05, 0.1) is 11.6 Å². The number of aromatic nitrogens is 1. The van der Waals surface area contributed by atoms with Gasteiger partial charge in [0.2, 0.25) is 5.56 Å². The zero-order valence-corrected chi connectivity index (χ0v) is 12.6. The van der Waals surface area contributed by atoms with Crippen LogP contribution in [-0.2, 0) is 4.74 Å². The first kappa shape index (κ1) is 16.5. The van der Waals surface area contributed by atoms with Crippen molar-refractivity contribution in [3.05, 3.63) is 40.2 Å². The molecule has 0 amide bonds. The van der Waals surface area contributed by atoms with Crippen LogP contribution in [0.25, 0.3) is 10.9 Å². The molecule has 2 rings (SSSR count). The predicted octanol–water partition coefficient (Wildman–Crippen LogP) is 1.28. The van der Waals surface area contributed by atoms with Gasteiger partial charge in [0, 0.05) is 31.7 Å². The van der Waals surface area contributed by atoms with E-state index in [0.29, 0.717) is 23.0 Å². The molecule has 0 bridgehead atoms. The molecule has 0 radical (unpaired) electrons. The van der Waals surface area contributed by atoms with Gasteiger partial charge < -0.3 is 25.3 Å². The molecule has 1 aromatic carbocycles. The van der Waals surface area contributed by atoms with Gasteiger partial charge in [-0.25, -0.2) is 0 Å². The number of phenols is 1. The molecular formula is C16H22N2O4. The average molecular weight is 306 g/mol. The number of aliphatic hydroxyl groups excluding tert-OH is 1. The zero-order valence-electron chi connectivity index (χ0n) is 12.6. The van der Waals surface area contributed by atoms with Gasteiger partial charge in [0.25, 0.3) is 0 Å². The maximum absolute atomic E-state index is 11.4. The van der Waals surface area contributed by atoms with E-state index in [1.807, 2.05) is 0 Å². The second kappa shape index (κ2) is 7.93. The summed E-state index contributed by atoms with van der Waals surface area (Å²) in [5.74, 6) is -0.00354. The summed E-state index contributed by atoms with van der Waals surface area (Å²) in [6.45, 7) is 1.94. The van der Waals surface area contributed by atoms with Crippen LogP contribution in [0, 0.1) is 0 Å². The molecule has 0 fully saturated rings. The Balaban J connectivity index is 2.04. The molecule has 0 spiro atoms. The third kappa shape index (κ3) is 4.07. The third-order valence-electron chi connectivity index (χ3n) is 3.56. The van der Waals surface area contributed by atoms with Crippen LogP contribution >= 0.6 is 0 Å². The first-order valence-corrected chi connectivity index (χ1v) is 7.36. The second-order valence-corrected chi connectivity index (χ2v) is 5.21. The van der Waals surface area contributed by atoms with Crippen LogP contribution in [0.2, 0.25) is 0 Å². The molecule has 6 nitrogen and oxygen atoms in total. The topological polar surface area (TPSA) is 94.6 Å². The lowest BCUT2D eigenvalue weighted by Gasteiger charge is -2.15. The fourth-order valence-corrected chi connectivity index (χ4v) is 2.39. The van der Waals surface area contributed by atoms with E-state index < -0.39 is 6.10 Å². The number of H-pyrrole nitrogens is 1. The van der Waals surface area contributed by atoms with Crippen molar-refractivity contribution in [2.45, 2.75) is 18.9 Å². The summed E-state index contributed by atoms with van der Waals surface area (Å²) < 4.78 is 4.98. The number of aliphatic hydroxyl groups is 1. The fraction of sp³-hybridized carbons (Fsp3) is 0.438. The molecule has 0 aliphatic heterocycles. The molecule has 4 N–H and O–H groups in total. The lowest BCUT2D eigenvalue weighted by molar-refractivity contribution is 0.173. The van der Waals surface area contributed by atoms with E-state index >= 15 is 0 Å². The average Bonchev–Trinajstić information content (AvgIpc) is 2.51. The molecule has 2 aromatic rings. The van der Waals surface area contributed by atoms with E-state index in [2.05, 4.69) is 10.3 Å². The maximum Gasteiger partial charge on any atom is 0.248 e. The van der Waals surface area contributed by atoms with Gasteiger partial charge in [-0.05, 0) is 37.1 Å². The molecule has 1 aromatic heterocycles. The Bertz CT molecular complexity index is 669. The standard InChI is InChI=1S/C16H22N2O4/c1-22-9-3-2-8-17-10-14(20)11-4-6-13(19)16-12(11)5-7-15(21)18-16/h4-7,14,17,19-20H,2-3,8-10H2,1H3,(H,18,21). The number of pyridine rings is 1. The van der Waals surface area contributed by atoms with Crippen LogP contribution < -0.4 is 10.9 Å². The third-order valence-corrected chi connectivity index (χ3v) is 3.56. The van der Waals surface area contributed by atoms with Gasteiger partial charge in [-0.2, -0.15) is 0 Å². The molecule has 6 heteroatoms. The largest absolute Gasteiger partial charge is 0.506 e. The second-order valence-electron chi connectivity index (χ2n) is 5.21. The lowest BCUT2D eigenvalue weighted by Crippen LogP contribution is -2.23. The summed E-state index contributed by atoms with van der Waals surface area (Å²) in [5.41, 5.74) is 0.739. The van der Waals surface area contributed by atoms with Gasteiger partial charge in [-0.3, -0.25) is 4.79 Å². The number of fused-ring (bicyclic) bond motifs is 1. The van der Waals surface area contributed by atoms with Gasteiger partial charge in [-0.1, -0.05) is 6.07 Å². The van der Waals surface area contributed by atoms with Crippen molar-refractivity contribution in [2.24, 2.45) is 0 Å². The summed E-state index contributed by atoms with van der Waals surface area (Å²) in [5, 5.41) is 24.0. The Morgan fingerprint density at radius 2 is 2.09 bits per heavy atom. The van der Waals surface area contributed by atoms with E-state index in [0.717, 1.165) is 26.0 Å². The number of rotatable bonds is 8. The Morgan fingerprint density at radius 3 is 2.86 bits per heavy atom. The first-order chi connectivity index (χ1) is 10.6. The van der Waals surface area contributed by atoms with Gasteiger partial charge in [-0.15, -0.1) is 0 Å². The van der Waals surface area contributed by atoms with Crippen LogP contribution in [0.5, 0.6) is 5.75 Å². The van der Waals surface area contributed by atoms with Crippen molar-refractivity contribution in [1.82, 2.24) is 10.3 Å². The van der Waals surface area contributed by atoms with Gasteiger partial charge >= 0.3 is 0 Å². The smallest absolute Gasteiger partial charge is 0.248 e. The lowest BCUT2D eigenvalue weighted by atomic mass is 10.0. The Hall–Kier alpha value is -1.89. The van der Waals surface area contributed by atoms with Crippen LogP contribution in [-0.4, -0.2) is 42.0 Å². The number of aromatic amines is 1. The summed E-state index contributed by atoms with van der Waals surface area (Å²) >= 11 is 0. The quantitative estimate of drug-likeness (QED) is 0.551. The number of unbranched alkanes of at least 4 members (excludes halogenated alkanes) is 1. The van der Waals surface area contributed by atoms with Crippen molar-refractivity contribution in [2.75, 3.05) is 26.8 Å². The minimum Gasteiger partial charge on any atom is -0.506 e. The SMILES string of the molecule is COCCCCNCC(O)c1ccc(O)c2[nH]c(=O)ccc12. The van der Waals surface area contributed by atoms with Crippen molar-refractivity contribution in [3.63, 3.8) is 0 Å². The number of ether oxygens (including phenoxy) is 1. The minimum atomic E-state index is -0.712. The Morgan fingerprint density at radius 1 is 1.27 bits per heavy atom. The highest BCUT2D eigenvalue weighted by Gasteiger charge is 2.13. The van der Waals surface area contributed by atoms with Crippen LogP contribution in [0.4, 0.5) is 0 Å². The number of hydrogen-bond acceptors (Lipinski definition) is 5. The van der Waals surface area contributed by atoms with Crippen molar-refractivity contribution >= 4 is 10.9 Å². The Kier molecular flexibility index (Phi) is 5.94. The molecule has 1 unspecified atom stereocenters. The highest BCUT2D eigenvalue weighted by Crippen LogP contribution is 2.28. The van der Waals surface area contributed by atoms with E-state index in [-0.39, 0.29) is 11.3 Å². The first-order valence-electron chi connectivity index (χ1n) is 7.36. The number of nitrogens with one attached hydrogen (secondary N) is 2. The highest BCUT2D eigenvalue weighted by molar-refractivity contribution is 5.87. The predicted molar refractivity (Wildman–Crippen MR) is 85.2 cm³/mol. The van der Waals surface area contributed by atoms with E-state index in [1.165, 1.54) is 12.1 Å². The van der Waals surface area contributed by atoms with Gasteiger partial charge in [0.1, 0.15) is 5.75 Å². The zero-order chi connectivity index (χ0) is 15.9. The van der Waals surface area contributed by atoms with E-state index in [4.69, 9.17) is 4.74 Å². The molecule has 1 atom stereocenters. The molecule has 0 aliphatic carbocycles. The van der Waals surface area contributed by atoms with Crippen molar-refractivity contribution in [1.29, 1.82) is 0 Å². The molecule has 22 heavy (non-hydrogen) atoms. The molecule has 0 saturated heterocycles. The Labute approximate surface area is 128 Å². The number of phenolic OH excluding ortho intramolecular Hbond substituents is 1. The maximum atomic E-state index is 11.4. The number of aromatic hydroxyl groups is 1. The molecule has 1 heterocycles. The molecule has 120 valence electrons. The van der Waals surface area contributed by atoms with Crippen molar-refractivity contribution < 1.29 is 14.9 Å². The van der Waals surface area contributed by atoms with Crippen LogP contribution in [0.1, 0.15) is 24.5 Å². The number of hydrogen-bond donors (Lipinski definition) is 4. The molecular weight excluding hydrogens is 284 g/mol.